The molecule has 7 aromatic carbocycles. The van der Waals surface area contributed by atoms with E-state index < -0.39 is 5.97 Å². The van der Waals surface area contributed by atoms with Gasteiger partial charge in [0, 0.05) is 90.5 Å². The second kappa shape index (κ2) is 29.5. The van der Waals surface area contributed by atoms with Crippen LogP contribution in [-0.2, 0) is 17.9 Å². The highest BCUT2D eigenvalue weighted by Crippen LogP contribution is 2.44. The molecule has 16 nitrogen and oxygen atoms in total. The minimum absolute atomic E-state index is 0.161. The summed E-state index contributed by atoms with van der Waals surface area (Å²) in [7, 11) is 0. The van der Waals surface area contributed by atoms with E-state index in [0.29, 0.717) is 59.1 Å². The number of ether oxygens (including phenoxy) is 1. The lowest BCUT2D eigenvalue weighted by atomic mass is 9.92. The number of aryl methyl sites for hydroxylation is 7. The molecular weight excluding hydrogens is 1400 g/mol. The number of carboxylic acids is 1. The standard InChI is InChI=1S/C97H78N12O4/c1-56-50-58(3)87(59(4)51-56)94-80-43-41-78(102-80)92(65-25-27-67(28-26-65)97(111)112)79-42-44-81(103-79)95(88-60(5)52-57(2)53-61(88)6)83-46-48-85(105-83)96(84-47-45-82(94)104-84)106-86(110)24-16-17-49-109-54-68(107-108-109)55-113-69-31-29-66(30-32-69)93-76-39-37-74(100-76)90(63-20-12-8-13-21-63)72-35-33-70(98-72)89(62-18-10-7-11-19-62)71-34-36-73(99-71)91(64-22-14-9-15-23-64)75-38-40-77(93)101-75/h7-15,18-23,25-48,50-54,98,101-102,105H,16-17,24,49,55H2,1-6H3,(H,106,110)(H,111,112). The molecule has 0 radical (unpaired) electrons. The lowest BCUT2D eigenvalue weighted by molar-refractivity contribution is -0.116. The van der Waals surface area contributed by atoms with Gasteiger partial charge in [0.15, 0.2) is 0 Å². The van der Waals surface area contributed by atoms with Crippen LogP contribution >= 0.6 is 0 Å². The largest absolute Gasteiger partial charge is 0.487 e. The molecule has 4 aliphatic heterocycles. The Balaban J connectivity index is 0.632. The van der Waals surface area contributed by atoms with Gasteiger partial charge in [-0.2, -0.15) is 0 Å². The molecule has 18 rings (SSSR count). The minimum atomic E-state index is -1.00. The Morgan fingerprint density at radius 1 is 0.381 bits per heavy atom. The Labute approximate surface area is 652 Å². The summed E-state index contributed by atoms with van der Waals surface area (Å²) in [6, 6.07) is 71.9. The van der Waals surface area contributed by atoms with E-state index in [1.807, 2.05) is 79.0 Å². The monoisotopic (exact) mass is 1470 g/mol. The van der Waals surface area contributed by atoms with Crippen LogP contribution in [0.1, 0.15) is 114 Å². The molecule has 0 spiro atoms. The van der Waals surface area contributed by atoms with Gasteiger partial charge in [-0.1, -0.05) is 156 Å². The number of nitrogens with one attached hydrogen (secondary N) is 5. The number of fused-ring (bicyclic) bond motifs is 16. The van der Waals surface area contributed by atoms with Crippen molar-refractivity contribution >= 4 is 110 Å². The van der Waals surface area contributed by atoms with Crippen LogP contribution in [0.5, 0.6) is 5.75 Å². The van der Waals surface area contributed by atoms with Gasteiger partial charge < -0.3 is 35.1 Å². The number of anilines is 1. The van der Waals surface area contributed by atoms with Crippen LogP contribution in [0.4, 0.5) is 5.69 Å². The van der Waals surface area contributed by atoms with E-state index in [9.17, 15) is 14.7 Å². The van der Waals surface area contributed by atoms with Crippen molar-refractivity contribution in [1.82, 2.24) is 54.9 Å². The van der Waals surface area contributed by atoms with Gasteiger partial charge in [-0.15, -0.1) is 5.10 Å². The van der Waals surface area contributed by atoms with Crippen LogP contribution in [0, 0.1) is 41.5 Å². The van der Waals surface area contributed by atoms with Crippen LogP contribution < -0.4 is 10.1 Å². The number of nitrogens with zero attached hydrogens (tertiary/aromatic N) is 7. The molecule has 0 saturated heterocycles. The highest BCUT2D eigenvalue weighted by molar-refractivity contribution is 6.05. The second-order valence-corrected chi connectivity index (χ2v) is 29.3. The van der Waals surface area contributed by atoms with Crippen LogP contribution in [0.3, 0.4) is 0 Å². The maximum atomic E-state index is 14.6. The average Bonchev–Trinajstić information content (AvgIpc) is 1.61. The molecular formula is C97H78N12O4. The Kier molecular flexibility index (Phi) is 18.4. The Morgan fingerprint density at radius 2 is 0.717 bits per heavy atom. The van der Waals surface area contributed by atoms with Crippen molar-refractivity contribution in [3.63, 3.8) is 0 Å². The molecule has 6 N–H and O–H groups in total. The van der Waals surface area contributed by atoms with E-state index in [-0.39, 0.29) is 24.5 Å². The van der Waals surface area contributed by atoms with Gasteiger partial charge in [0.25, 0.3) is 0 Å². The summed E-state index contributed by atoms with van der Waals surface area (Å²) in [5, 5.41) is 22.3. The molecule has 113 heavy (non-hydrogen) atoms. The van der Waals surface area contributed by atoms with Gasteiger partial charge in [0.1, 0.15) is 18.1 Å². The third-order valence-electron chi connectivity index (χ3n) is 21.4. The van der Waals surface area contributed by atoms with Crippen molar-refractivity contribution in [2.24, 2.45) is 0 Å². The van der Waals surface area contributed by atoms with Gasteiger partial charge in [0.05, 0.1) is 68.5 Å². The topological polar surface area (TPSA) is 221 Å². The van der Waals surface area contributed by atoms with Gasteiger partial charge in [-0.25, -0.2) is 24.7 Å². The van der Waals surface area contributed by atoms with E-state index in [4.69, 9.17) is 24.7 Å². The summed E-state index contributed by atoms with van der Waals surface area (Å²) in [4.78, 5) is 63.9. The van der Waals surface area contributed by atoms with Gasteiger partial charge in [0.2, 0.25) is 5.91 Å². The highest BCUT2D eigenvalue weighted by atomic mass is 16.5. The third-order valence-corrected chi connectivity index (χ3v) is 21.4. The molecule has 16 heteroatoms. The third kappa shape index (κ3) is 13.8. The van der Waals surface area contributed by atoms with Crippen molar-refractivity contribution in [1.29, 1.82) is 0 Å². The molecule has 0 fully saturated rings. The molecule has 7 aromatic heterocycles. The predicted molar refractivity (Wildman–Crippen MR) is 458 cm³/mol. The fourth-order valence-electron chi connectivity index (χ4n) is 16.5. The number of carboxylic acid groups (broad SMARTS) is 1. The van der Waals surface area contributed by atoms with Gasteiger partial charge in [-0.05, 0) is 237 Å². The molecule has 0 aliphatic carbocycles. The number of aromatic nitrogens is 11. The fraction of sp³-hybridized carbons (Fsp3) is 0.113. The zero-order valence-corrected chi connectivity index (χ0v) is 63.2. The molecule has 11 heterocycles. The lowest BCUT2D eigenvalue weighted by Crippen LogP contribution is -2.13. The number of carbonyl (C=O) groups excluding carboxylic acids is 1. The quantitative estimate of drug-likeness (QED) is 0.0473. The molecule has 14 aromatic rings. The predicted octanol–water partition coefficient (Wildman–Crippen LogP) is 22.8. The van der Waals surface area contributed by atoms with E-state index in [1.54, 1.807) is 16.8 Å². The molecule has 0 unspecified atom stereocenters. The Morgan fingerprint density at radius 3 is 1.12 bits per heavy atom. The molecule has 4 aliphatic rings. The number of hydrogen-bond donors (Lipinski definition) is 6. The maximum absolute atomic E-state index is 14.6. The summed E-state index contributed by atoms with van der Waals surface area (Å²) >= 11 is 0. The summed E-state index contributed by atoms with van der Waals surface area (Å²) in [5.41, 5.74) is 34.3. The second-order valence-electron chi connectivity index (χ2n) is 29.3. The number of hydrogen-bond acceptors (Lipinski definition) is 9. The summed E-state index contributed by atoms with van der Waals surface area (Å²) in [6.07, 6.45) is 19.9. The van der Waals surface area contributed by atoms with Crippen molar-refractivity contribution in [2.75, 3.05) is 5.32 Å². The van der Waals surface area contributed by atoms with Crippen molar-refractivity contribution in [3.05, 3.63) is 309 Å². The highest BCUT2D eigenvalue weighted by Gasteiger charge is 2.25. The fourth-order valence-corrected chi connectivity index (χ4v) is 16.5. The molecule has 16 bridgehead atoms. The summed E-state index contributed by atoms with van der Waals surface area (Å²) in [6.45, 7) is 13.4. The molecule has 0 atom stereocenters. The Hall–Kier alpha value is -14.4. The zero-order chi connectivity index (χ0) is 77.0. The normalized spacial score (nSPS) is 12.1. The SMILES string of the molecule is Cc1cc(C)c(-c2c3nc(c(-c4ccc(C(=O)O)cc4)c4ccc([nH]4)c(-c4c(C)cc(C)cc4C)c4nc(c(NC(=O)CCCCn5cc(COc6ccc(-c7c8nc(c(-c9ccccc9)c9ccc([nH]9)c(-c9ccccc9)c9nc(c(-c%10ccccc%10)c%10ccc7[nH]%10)C=C9)C=C8)cc6)nn5)c5ccc2[nH]5)C=C4)C=C3)c(C)c1. The van der Waals surface area contributed by atoms with Crippen LogP contribution in [-0.4, -0.2) is 71.8 Å². The smallest absolute Gasteiger partial charge is 0.335 e. The number of unbranched alkanes of at least 4 members (excludes halogenated alkanes) is 1. The minimum Gasteiger partial charge on any atom is -0.487 e. The van der Waals surface area contributed by atoms with E-state index in [1.165, 1.54) is 0 Å². The number of amides is 1. The van der Waals surface area contributed by atoms with Crippen LogP contribution in [0.2, 0.25) is 0 Å². The number of carbonyl (C=O) groups is 2. The molecule has 0 saturated carbocycles. The first kappa shape index (κ1) is 70.3. The lowest BCUT2D eigenvalue weighted by Gasteiger charge is -2.13. The van der Waals surface area contributed by atoms with Crippen molar-refractivity contribution in [2.45, 2.75) is 74.0 Å². The van der Waals surface area contributed by atoms with Gasteiger partial charge >= 0.3 is 5.97 Å². The number of aromatic carboxylic acids is 1. The van der Waals surface area contributed by atoms with Gasteiger partial charge in [-0.3, -0.25) is 9.48 Å². The van der Waals surface area contributed by atoms with E-state index in [2.05, 4.69) is 253 Å². The molecule has 550 valence electrons. The number of rotatable bonds is 17. The number of aromatic amines is 4. The van der Waals surface area contributed by atoms with Crippen molar-refractivity contribution < 1.29 is 19.4 Å². The molecule has 1 amide bonds. The van der Waals surface area contributed by atoms with Crippen molar-refractivity contribution in [3.8, 4) is 83.6 Å². The van der Waals surface area contributed by atoms with Crippen LogP contribution in [0.25, 0.3) is 171 Å². The van der Waals surface area contributed by atoms with Crippen LogP contribution in [0.15, 0.2) is 219 Å². The average molecular weight is 1480 g/mol. The van der Waals surface area contributed by atoms with E-state index in [0.717, 1.165) is 178 Å². The van der Waals surface area contributed by atoms with E-state index >= 15 is 0 Å². The first-order chi connectivity index (χ1) is 55.2. The number of H-pyrrole nitrogens is 4. The maximum Gasteiger partial charge on any atom is 0.335 e. The summed E-state index contributed by atoms with van der Waals surface area (Å²) in [5.74, 6) is -0.499. The summed E-state index contributed by atoms with van der Waals surface area (Å²) < 4.78 is 8.25. The number of benzene rings is 7. The zero-order valence-electron chi connectivity index (χ0n) is 63.2. The first-order valence-corrected chi connectivity index (χ1v) is 38.1. The first-order valence-electron chi connectivity index (χ1n) is 38.1. The Bertz CT molecular complexity index is 6550.